The number of hydrogen-bond donors (Lipinski definition) is 2. The monoisotopic (exact) mass is 419 g/mol. The maximum atomic E-state index is 11.1. The molecule has 1 fully saturated rings. The van der Waals surface area contributed by atoms with Crippen LogP contribution in [0.25, 0.3) is 0 Å². The number of rotatable bonds is 10. The molecule has 1 aliphatic heterocycles. The van der Waals surface area contributed by atoms with E-state index in [2.05, 4.69) is 5.32 Å². The van der Waals surface area contributed by atoms with Crippen LogP contribution in [-0.2, 0) is 4.79 Å². The lowest BCUT2D eigenvalue weighted by molar-refractivity contribution is -0.138. The smallest absolute Gasteiger partial charge is 0.321 e. The van der Waals surface area contributed by atoms with Crippen LogP contribution in [0.1, 0.15) is 17.9 Å². The number of carboxylic acids is 1. The first kappa shape index (κ1) is 21.1. The van der Waals surface area contributed by atoms with E-state index in [4.69, 9.17) is 24.1 Å². The number of hydrogen-bond acceptors (Lipinski definition) is 7. The topological polar surface area (TPSA) is 86.2 Å². The number of carboxylic acid groups (broad SMARTS) is 1. The maximum absolute atomic E-state index is 11.1. The van der Waals surface area contributed by atoms with Gasteiger partial charge in [-0.3, -0.25) is 10.1 Å². The number of thioether (sulfide) groups is 1. The van der Waals surface area contributed by atoms with Crippen molar-refractivity contribution >= 4 is 17.7 Å². The second-order valence-corrected chi connectivity index (χ2v) is 7.40. The molecule has 0 bridgehead atoms. The Morgan fingerprint density at radius 2 is 1.72 bits per heavy atom. The van der Waals surface area contributed by atoms with Gasteiger partial charge >= 0.3 is 5.97 Å². The molecule has 2 unspecified atom stereocenters. The van der Waals surface area contributed by atoms with Gasteiger partial charge in [-0.2, -0.15) is 0 Å². The number of ether oxygens (including phenoxy) is 4. The largest absolute Gasteiger partial charge is 0.493 e. The van der Waals surface area contributed by atoms with E-state index < -0.39 is 12.0 Å². The van der Waals surface area contributed by atoms with Gasteiger partial charge in [-0.05, 0) is 36.8 Å². The molecule has 0 radical (unpaired) electrons. The molecule has 3 rings (SSSR count). The van der Waals surface area contributed by atoms with E-state index in [9.17, 15) is 4.79 Å². The number of nitrogens with one attached hydrogen (secondary N) is 1. The zero-order chi connectivity index (χ0) is 20.6. The first-order chi connectivity index (χ1) is 14.1. The van der Waals surface area contributed by atoms with Crippen molar-refractivity contribution in [3.8, 4) is 23.0 Å². The molecule has 0 saturated carbocycles. The Balaban J connectivity index is 1.55. The van der Waals surface area contributed by atoms with Crippen molar-refractivity contribution in [3.05, 3.63) is 48.0 Å². The van der Waals surface area contributed by atoms with Crippen LogP contribution in [0.4, 0.5) is 0 Å². The number of aliphatic carboxylic acids is 1. The van der Waals surface area contributed by atoms with Crippen LogP contribution in [0.15, 0.2) is 42.5 Å². The summed E-state index contributed by atoms with van der Waals surface area (Å²) < 4.78 is 22.6. The van der Waals surface area contributed by atoms with Gasteiger partial charge in [-0.15, -0.1) is 11.8 Å². The van der Waals surface area contributed by atoms with Crippen molar-refractivity contribution in [3.63, 3.8) is 0 Å². The summed E-state index contributed by atoms with van der Waals surface area (Å²) in [6, 6.07) is 12.6. The van der Waals surface area contributed by atoms with E-state index >= 15 is 0 Å². The van der Waals surface area contributed by atoms with Crippen LogP contribution in [0.3, 0.4) is 0 Å². The van der Waals surface area contributed by atoms with Gasteiger partial charge in [0.15, 0.2) is 23.0 Å². The molecule has 2 atom stereocenters. The predicted molar refractivity (Wildman–Crippen MR) is 111 cm³/mol. The van der Waals surface area contributed by atoms with Crippen LogP contribution in [0.5, 0.6) is 23.0 Å². The summed E-state index contributed by atoms with van der Waals surface area (Å²) >= 11 is 1.56. The summed E-state index contributed by atoms with van der Waals surface area (Å²) in [7, 11) is 1.58. The van der Waals surface area contributed by atoms with Gasteiger partial charge in [0.1, 0.15) is 19.3 Å². The molecule has 0 aromatic heterocycles. The molecule has 1 heterocycles. The van der Waals surface area contributed by atoms with Crippen molar-refractivity contribution in [2.24, 2.45) is 0 Å². The highest BCUT2D eigenvalue weighted by atomic mass is 32.2. The Hall–Kier alpha value is -2.58. The van der Waals surface area contributed by atoms with Crippen LogP contribution in [0.2, 0.25) is 0 Å². The molecule has 2 N–H and O–H groups in total. The average Bonchev–Trinajstić information content (AvgIpc) is 3.23. The van der Waals surface area contributed by atoms with E-state index in [1.165, 1.54) is 0 Å². The highest BCUT2D eigenvalue weighted by Gasteiger charge is 2.30. The van der Waals surface area contributed by atoms with Gasteiger partial charge in [0, 0.05) is 5.75 Å². The molecule has 2 aromatic rings. The third-order valence-corrected chi connectivity index (χ3v) is 5.59. The maximum Gasteiger partial charge on any atom is 0.321 e. The van der Waals surface area contributed by atoms with Gasteiger partial charge in [0.2, 0.25) is 0 Å². The second-order valence-electron chi connectivity index (χ2n) is 6.26. The molecule has 29 heavy (non-hydrogen) atoms. The Morgan fingerprint density at radius 3 is 2.31 bits per heavy atom. The van der Waals surface area contributed by atoms with Gasteiger partial charge < -0.3 is 24.1 Å². The fourth-order valence-electron chi connectivity index (χ4n) is 2.92. The highest BCUT2D eigenvalue weighted by Crippen LogP contribution is 2.37. The van der Waals surface area contributed by atoms with Crippen molar-refractivity contribution in [2.75, 3.05) is 32.7 Å². The molecule has 7 nitrogen and oxygen atoms in total. The zero-order valence-electron chi connectivity index (χ0n) is 16.4. The summed E-state index contributed by atoms with van der Waals surface area (Å²) in [5, 5.41) is 12.1. The molecule has 2 aromatic carbocycles. The number of methoxy groups -OCH3 is 1. The van der Waals surface area contributed by atoms with E-state index in [1.54, 1.807) is 18.9 Å². The van der Waals surface area contributed by atoms with E-state index in [0.717, 1.165) is 5.56 Å². The van der Waals surface area contributed by atoms with Crippen LogP contribution < -0.4 is 24.3 Å². The minimum Gasteiger partial charge on any atom is -0.493 e. The second kappa shape index (κ2) is 10.3. The lowest BCUT2D eigenvalue weighted by Crippen LogP contribution is -2.33. The van der Waals surface area contributed by atoms with Crippen LogP contribution >= 0.6 is 11.8 Å². The lowest BCUT2D eigenvalue weighted by Gasteiger charge is -2.16. The summed E-state index contributed by atoms with van der Waals surface area (Å²) in [6.07, 6.45) is 0. The molecule has 1 aliphatic rings. The van der Waals surface area contributed by atoms with Crippen molar-refractivity contribution < 1.29 is 28.8 Å². The third kappa shape index (κ3) is 5.48. The van der Waals surface area contributed by atoms with E-state index in [-0.39, 0.29) is 5.37 Å². The standard InChI is InChI=1S/C21H25NO6S/c1-3-26-16-6-4-5-7-17(16)27-10-11-28-18-9-8-14(12-19(18)25-2)20-22-15(13-29-20)21(23)24/h4-9,12,15,20,22H,3,10-11,13H2,1-2H3,(H,23,24). The van der Waals surface area contributed by atoms with Crippen molar-refractivity contribution in [1.82, 2.24) is 5.32 Å². The highest BCUT2D eigenvalue weighted by molar-refractivity contribution is 7.99. The fourth-order valence-corrected chi connectivity index (χ4v) is 4.14. The first-order valence-electron chi connectivity index (χ1n) is 9.38. The molecule has 0 aliphatic carbocycles. The molecule has 0 amide bonds. The Kier molecular flexibility index (Phi) is 7.48. The predicted octanol–water partition coefficient (Wildman–Crippen LogP) is 3.34. The van der Waals surface area contributed by atoms with Gasteiger partial charge in [0.05, 0.1) is 19.1 Å². The van der Waals surface area contributed by atoms with Crippen LogP contribution in [0, 0.1) is 0 Å². The molecule has 0 spiro atoms. The zero-order valence-corrected chi connectivity index (χ0v) is 17.2. The Morgan fingerprint density at radius 1 is 1.07 bits per heavy atom. The Labute approximate surface area is 174 Å². The SMILES string of the molecule is CCOc1ccccc1OCCOc1ccc(C2NC(C(=O)O)CS2)cc1OC. The minimum atomic E-state index is -0.835. The first-order valence-corrected chi connectivity index (χ1v) is 10.4. The normalized spacial score (nSPS) is 18.3. The summed E-state index contributed by atoms with van der Waals surface area (Å²) in [6.45, 7) is 3.20. The molecular formula is C21H25NO6S. The lowest BCUT2D eigenvalue weighted by atomic mass is 10.2. The van der Waals surface area contributed by atoms with Gasteiger partial charge in [-0.25, -0.2) is 0 Å². The number of carbonyl (C=O) groups is 1. The minimum absolute atomic E-state index is 0.0857. The van der Waals surface area contributed by atoms with Crippen molar-refractivity contribution in [2.45, 2.75) is 18.3 Å². The summed E-state index contributed by atoms with van der Waals surface area (Å²) in [4.78, 5) is 11.1. The molecular weight excluding hydrogens is 394 g/mol. The van der Waals surface area contributed by atoms with Crippen LogP contribution in [-0.4, -0.2) is 49.8 Å². The molecule has 156 valence electrons. The Bertz CT molecular complexity index is 831. The summed E-state index contributed by atoms with van der Waals surface area (Å²) in [5.74, 6) is 2.28. The number of benzene rings is 2. The van der Waals surface area contributed by atoms with E-state index in [1.807, 2.05) is 49.4 Å². The fraction of sp³-hybridized carbons (Fsp3) is 0.381. The number of para-hydroxylation sites is 2. The van der Waals surface area contributed by atoms with Crippen molar-refractivity contribution in [1.29, 1.82) is 0 Å². The summed E-state index contributed by atoms with van der Waals surface area (Å²) in [5.41, 5.74) is 0.949. The molecule has 8 heteroatoms. The third-order valence-electron chi connectivity index (χ3n) is 4.32. The quantitative estimate of drug-likeness (QED) is 0.567. The van der Waals surface area contributed by atoms with E-state index in [0.29, 0.717) is 48.6 Å². The molecule has 1 saturated heterocycles. The average molecular weight is 419 g/mol. The van der Waals surface area contributed by atoms with Gasteiger partial charge in [-0.1, -0.05) is 18.2 Å². The van der Waals surface area contributed by atoms with Gasteiger partial charge in [0.25, 0.3) is 0 Å².